The lowest BCUT2D eigenvalue weighted by Gasteiger charge is -2.34. The highest BCUT2D eigenvalue weighted by Crippen LogP contribution is 2.36. The minimum absolute atomic E-state index is 0.530. The SMILES string of the molecule is CNC(C)CCOC1CCC(C)(C)CC1. The fourth-order valence-electron chi connectivity index (χ4n) is 2.10. The van der Waals surface area contributed by atoms with Gasteiger partial charge in [0.2, 0.25) is 0 Å². The second-order valence-electron chi connectivity index (χ2n) is 5.71. The molecule has 1 unspecified atom stereocenters. The van der Waals surface area contributed by atoms with Gasteiger partial charge in [0.1, 0.15) is 0 Å². The highest BCUT2D eigenvalue weighted by Gasteiger charge is 2.26. The summed E-state index contributed by atoms with van der Waals surface area (Å²) in [5.74, 6) is 0. The molecule has 2 nitrogen and oxygen atoms in total. The van der Waals surface area contributed by atoms with Gasteiger partial charge in [-0.3, -0.25) is 0 Å². The molecule has 1 N–H and O–H groups in total. The van der Waals surface area contributed by atoms with E-state index < -0.39 is 0 Å². The third kappa shape index (κ3) is 4.98. The predicted octanol–water partition coefficient (Wildman–Crippen LogP) is 2.97. The second-order valence-corrected chi connectivity index (χ2v) is 5.71. The molecule has 0 radical (unpaired) electrons. The average molecular weight is 213 g/mol. The van der Waals surface area contributed by atoms with Crippen LogP contribution in [-0.2, 0) is 4.74 Å². The number of rotatable bonds is 5. The van der Waals surface area contributed by atoms with E-state index in [1.165, 1.54) is 25.7 Å². The molecule has 0 aromatic heterocycles. The maximum Gasteiger partial charge on any atom is 0.0575 e. The topological polar surface area (TPSA) is 21.3 Å². The van der Waals surface area contributed by atoms with Crippen molar-refractivity contribution in [3.8, 4) is 0 Å². The van der Waals surface area contributed by atoms with E-state index >= 15 is 0 Å². The van der Waals surface area contributed by atoms with Gasteiger partial charge in [-0.15, -0.1) is 0 Å². The van der Waals surface area contributed by atoms with Crippen molar-refractivity contribution < 1.29 is 4.74 Å². The molecule has 0 aliphatic heterocycles. The zero-order valence-electron chi connectivity index (χ0n) is 10.8. The first-order valence-corrected chi connectivity index (χ1v) is 6.32. The highest BCUT2D eigenvalue weighted by molar-refractivity contribution is 4.78. The summed E-state index contributed by atoms with van der Waals surface area (Å²) in [6.45, 7) is 7.85. The zero-order valence-corrected chi connectivity index (χ0v) is 10.8. The Labute approximate surface area is 94.8 Å². The third-order valence-corrected chi connectivity index (χ3v) is 3.68. The summed E-state index contributed by atoms with van der Waals surface area (Å²) in [5, 5.41) is 3.24. The fourth-order valence-corrected chi connectivity index (χ4v) is 2.10. The van der Waals surface area contributed by atoms with Crippen LogP contribution in [0, 0.1) is 5.41 Å². The van der Waals surface area contributed by atoms with Gasteiger partial charge in [0.05, 0.1) is 6.10 Å². The zero-order chi connectivity index (χ0) is 11.3. The Bertz CT molecular complexity index is 169. The summed E-state index contributed by atoms with van der Waals surface area (Å²) in [6.07, 6.45) is 6.79. The molecule has 0 heterocycles. The minimum atomic E-state index is 0.530. The standard InChI is InChI=1S/C13H27NO/c1-11(14-4)7-10-15-12-5-8-13(2,3)9-6-12/h11-12,14H,5-10H2,1-4H3. The largest absolute Gasteiger partial charge is 0.378 e. The molecular formula is C13H27NO. The van der Waals surface area contributed by atoms with Crippen molar-refractivity contribution >= 4 is 0 Å². The van der Waals surface area contributed by atoms with E-state index in [1.807, 2.05) is 7.05 Å². The first-order valence-electron chi connectivity index (χ1n) is 6.32. The monoisotopic (exact) mass is 213 g/mol. The Hall–Kier alpha value is -0.0800. The molecule has 0 aromatic rings. The number of nitrogens with one attached hydrogen (secondary N) is 1. The van der Waals surface area contributed by atoms with Gasteiger partial charge in [-0.1, -0.05) is 13.8 Å². The molecule has 1 fully saturated rings. The Balaban J connectivity index is 2.09. The average Bonchev–Trinajstić information content (AvgIpc) is 2.20. The van der Waals surface area contributed by atoms with Crippen LogP contribution in [0.4, 0.5) is 0 Å². The molecule has 0 spiro atoms. The third-order valence-electron chi connectivity index (χ3n) is 3.68. The van der Waals surface area contributed by atoms with Crippen LogP contribution in [0.2, 0.25) is 0 Å². The van der Waals surface area contributed by atoms with Crippen LogP contribution in [0.5, 0.6) is 0 Å². The first-order chi connectivity index (χ1) is 7.03. The van der Waals surface area contributed by atoms with Crippen molar-refractivity contribution in [3.05, 3.63) is 0 Å². The quantitative estimate of drug-likeness (QED) is 0.758. The molecule has 1 saturated carbocycles. The van der Waals surface area contributed by atoms with Crippen LogP contribution in [0.25, 0.3) is 0 Å². The molecule has 1 atom stereocenters. The lowest BCUT2D eigenvalue weighted by molar-refractivity contribution is 0.00133. The normalized spacial score (nSPS) is 24.0. The molecule has 1 aliphatic carbocycles. The lowest BCUT2D eigenvalue weighted by Crippen LogP contribution is -2.28. The lowest BCUT2D eigenvalue weighted by atomic mass is 9.76. The van der Waals surface area contributed by atoms with Crippen molar-refractivity contribution in [2.24, 2.45) is 5.41 Å². The minimum Gasteiger partial charge on any atom is -0.378 e. The van der Waals surface area contributed by atoms with Gasteiger partial charge in [0.25, 0.3) is 0 Å². The summed E-state index contributed by atoms with van der Waals surface area (Å²) in [7, 11) is 2.01. The Morgan fingerprint density at radius 1 is 1.33 bits per heavy atom. The number of ether oxygens (including phenoxy) is 1. The summed E-state index contributed by atoms with van der Waals surface area (Å²) in [5.41, 5.74) is 0.554. The van der Waals surface area contributed by atoms with E-state index in [0.29, 0.717) is 17.6 Å². The molecule has 2 heteroatoms. The van der Waals surface area contributed by atoms with Crippen molar-refractivity contribution in [2.45, 2.75) is 65.0 Å². The summed E-state index contributed by atoms with van der Waals surface area (Å²) < 4.78 is 5.91. The van der Waals surface area contributed by atoms with Gasteiger partial charge in [-0.05, 0) is 51.5 Å². The van der Waals surface area contributed by atoms with Gasteiger partial charge in [0.15, 0.2) is 0 Å². The molecule has 90 valence electrons. The van der Waals surface area contributed by atoms with E-state index in [4.69, 9.17) is 4.74 Å². The van der Waals surface area contributed by atoms with Crippen molar-refractivity contribution in [1.82, 2.24) is 5.32 Å². The number of hydrogen-bond donors (Lipinski definition) is 1. The van der Waals surface area contributed by atoms with Crippen LogP contribution in [0.15, 0.2) is 0 Å². The molecule has 0 aromatic carbocycles. The Morgan fingerprint density at radius 3 is 2.47 bits per heavy atom. The maximum atomic E-state index is 5.91. The van der Waals surface area contributed by atoms with Gasteiger partial charge in [-0.2, -0.15) is 0 Å². The van der Waals surface area contributed by atoms with Crippen molar-refractivity contribution in [3.63, 3.8) is 0 Å². The van der Waals surface area contributed by atoms with Gasteiger partial charge >= 0.3 is 0 Å². The van der Waals surface area contributed by atoms with E-state index in [2.05, 4.69) is 26.1 Å². The van der Waals surface area contributed by atoms with Gasteiger partial charge in [0, 0.05) is 12.6 Å². The molecule has 1 aliphatic rings. The summed E-state index contributed by atoms with van der Waals surface area (Å²) in [6, 6.07) is 0.574. The van der Waals surface area contributed by atoms with E-state index in [0.717, 1.165) is 13.0 Å². The first kappa shape index (κ1) is 13.0. The molecule has 1 rings (SSSR count). The Morgan fingerprint density at radius 2 is 1.93 bits per heavy atom. The highest BCUT2D eigenvalue weighted by atomic mass is 16.5. The summed E-state index contributed by atoms with van der Waals surface area (Å²) >= 11 is 0. The van der Waals surface area contributed by atoms with Gasteiger partial charge < -0.3 is 10.1 Å². The molecular weight excluding hydrogens is 186 g/mol. The van der Waals surface area contributed by atoms with Crippen LogP contribution >= 0.6 is 0 Å². The van der Waals surface area contributed by atoms with E-state index in [-0.39, 0.29) is 0 Å². The Kier molecular flexibility index (Phi) is 5.07. The predicted molar refractivity (Wildman–Crippen MR) is 65.1 cm³/mol. The van der Waals surface area contributed by atoms with Crippen molar-refractivity contribution in [1.29, 1.82) is 0 Å². The molecule has 0 bridgehead atoms. The molecule has 0 amide bonds. The van der Waals surface area contributed by atoms with E-state index in [9.17, 15) is 0 Å². The summed E-state index contributed by atoms with van der Waals surface area (Å²) in [4.78, 5) is 0. The van der Waals surface area contributed by atoms with Gasteiger partial charge in [-0.25, -0.2) is 0 Å². The second kappa shape index (κ2) is 5.86. The maximum absolute atomic E-state index is 5.91. The van der Waals surface area contributed by atoms with Crippen LogP contribution in [0.3, 0.4) is 0 Å². The van der Waals surface area contributed by atoms with Crippen LogP contribution in [-0.4, -0.2) is 25.8 Å². The van der Waals surface area contributed by atoms with Crippen LogP contribution in [0.1, 0.15) is 52.9 Å². The smallest absolute Gasteiger partial charge is 0.0575 e. The van der Waals surface area contributed by atoms with Crippen molar-refractivity contribution in [2.75, 3.05) is 13.7 Å². The van der Waals surface area contributed by atoms with E-state index in [1.54, 1.807) is 0 Å². The number of hydrogen-bond acceptors (Lipinski definition) is 2. The fraction of sp³-hybridized carbons (Fsp3) is 1.00. The molecule has 15 heavy (non-hydrogen) atoms. The molecule has 0 saturated heterocycles. The van der Waals surface area contributed by atoms with Crippen LogP contribution < -0.4 is 5.32 Å².